The van der Waals surface area contributed by atoms with Gasteiger partial charge in [0.15, 0.2) is 0 Å². The number of phenols is 1. The van der Waals surface area contributed by atoms with Gasteiger partial charge in [-0.05, 0) is 49.9 Å². The second-order valence-corrected chi connectivity index (χ2v) is 8.94. The van der Waals surface area contributed by atoms with Crippen molar-refractivity contribution in [3.63, 3.8) is 0 Å². The van der Waals surface area contributed by atoms with Crippen molar-refractivity contribution >= 4 is 17.5 Å². The van der Waals surface area contributed by atoms with Crippen LogP contribution < -0.4 is 10.6 Å². The van der Waals surface area contributed by atoms with Gasteiger partial charge in [-0.25, -0.2) is 4.39 Å². The molecule has 2 aliphatic carbocycles. The van der Waals surface area contributed by atoms with E-state index in [4.69, 9.17) is 0 Å². The third-order valence-corrected chi connectivity index (χ3v) is 6.62. The second-order valence-electron chi connectivity index (χ2n) is 8.94. The van der Waals surface area contributed by atoms with Gasteiger partial charge in [0.1, 0.15) is 22.8 Å². The molecule has 0 radical (unpaired) electrons. The van der Waals surface area contributed by atoms with E-state index in [0.717, 1.165) is 30.8 Å². The number of anilines is 1. The number of alkyl halides is 3. The summed E-state index contributed by atoms with van der Waals surface area (Å²) >= 11 is 0. The Morgan fingerprint density at radius 1 is 1.12 bits per heavy atom. The van der Waals surface area contributed by atoms with E-state index < -0.39 is 41.2 Å². The molecule has 2 saturated carbocycles. The van der Waals surface area contributed by atoms with Crippen molar-refractivity contribution in [3.05, 3.63) is 53.1 Å². The number of pyridine rings is 1. The van der Waals surface area contributed by atoms with Gasteiger partial charge >= 0.3 is 6.18 Å². The molecule has 1 heterocycles. The van der Waals surface area contributed by atoms with Crippen molar-refractivity contribution in [2.24, 2.45) is 0 Å². The molecule has 0 spiro atoms. The van der Waals surface area contributed by atoms with E-state index in [2.05, 4.69) is 10.3 Å². The van der Waals surface area contributed by atoms with Gasteiger partial charge in [0, 0.05) is 28.4 Å². The first-order valence-corrected chi connectivity index (χ1v) is 10.8. The predicted octanol–water partition coefficient (Wildman–Crippen LogP) is 3.35. The quantitative estimate of drug-likeness (QED) is 0.454. The number of hydrogen-bond donors (Lipinski definition) is 4. The number of aromatic hydroxyl groups is 1. The van der Waals surface area contributed by atoms with Crippen LogP contribution in [-0.4, -0.2) is 45.3 Å². The first-order chi connectivity index (χ1) is 16.0. The molecule has 1 aromatic carbocycles. The lowest BCUT2D eigenvalue weighted by Crippen LogP contribution is -2.48. The Kier molecular flexibility index (Phi) is 6.01. The van der Waals surface area contributed by atoms with Crippen molar-refractivity contribution < 1.29 is 37.4 Å². The number of carbonyl (C=O) groups is 2. The highest BCUT2D eigenvalue weighted by atomic mass is 19.4. The molecule has 2 amide bonds. The van der Waals surface area contributed by atoms with E-state index in [-0.39, 0.29) is 42.1 Å². The Bertz CT molecular complexity index is 1120. The van der Waals surface area contributed by atoms with E-state index in [0.29, 0.717) is 18.4 Å². The summed E-state index contributed by atoms with van der Waals surface area (Å²) in [5.41, 5.74) is -2.90. The lowest BCUT2D eigenvalue weighted by Gasteiger charge is -2.41. The van der Waals surface area contributed by atoms with E-state index >= 15 is 0 Å². The molecule has 7 nitrogen and oxygen atoms in total. The molecule has 1 aromatic heterocycles. The van der Waals surface area contributed by atoms with Crippen LogP contribution in [0.3, 0.4) is 0 Å². The maximum absolute atomic E-state index is 14.7. The van der Waals surface area contributed by atoms with Crippen LogP contribution >= 0.6 is 0 Å². The molecule has 34 heavy (non-hydrogen) atoms. The van der Waals surface area contributed by atoms with Crippen molar-refractivity contribution in [1.29, 1.82) is 0 Å². The fraction of sp³-hybridized carbons (Fsp3) is 0.435. The Labute approximate surface area is 192 Å². The summed E-state index contributed by atoms with van der Waals surface area (Å²) in [5, 5.41) is 24.4. The summed E-state index contributed by atoms with van der Waals surface area (Å²) in [7, 11) is 0. The van der Waals surface area contributed by atoms with Gasteiger partial charge in [-0.2, -0.15) is 13.2 Å². The lowest BCUT2D eigenvalue weighted by atomic mass is 9.64. The number of aliphatic hydroxyl groups excluding tert-OH is 1. The standard InChI is InChI=1S/C23H23F4N3O4/c24-16-11-15(21(12-31)3-1-4-21)18(32)8-13(16)9-19(33)29-14-2-7-28-17(10-14)20(34)30-22(5-6-22)23(25,26)27/h2,7-8,10-11,31-32H,1,3-6,9,12H2,(H,30,34)(H,28,29,33). The molecule has 2 aromatic rings. The third-order valence-electron chi connectivity index (χ3n) is 6.62. The van der Waals surface area contributed by atoms with Crippen LogP contribution in [0.2, 0.25) is 0 Å². The van der Waals surface area contributed by atoms with Crippen LogP contribution in [0.1, 0.15) is 53.7 Å². The smallest absolute Gasteiger partial charge is 0.411 e. The molecular weight excluding hydrogens is 458 g/mol. The number of carbonyl (C=O) groups excluding carboxylic acids is 2. The number of phenolic OH excluding ortho intramolecular Hbond substituents is 1. The molecule has 2 aliphatic rings. The van der Waals surface area contributed by atoms with Gasteiger partial charge < -0.3 is 20.8 Å². The van der Waals surface area contributed by atoms with Crippen molar-refractivity contribution in [3.8, 4) is 5.75 Å². The van der Waals surface area contributed by atoms with Crippen molar-refractivity contribution in [2.75, 3.05) is 11.9 Å². The SMILES string of the molecule is O=C(Cc1cc(O)c(C2(CO)CCC2)cc1F)Nc1ccnc(C(=O)NC2(C(F)(F)F)CC2)c1. The number of aliphatic hydroxyl groups is 1. The monoisotopic (exact) mass is 481 g/mol. The first kappa shape index (κ1) is 23.9. The number of aromatic nitrogens is 1. The zero-order chi connectivity index (χ0) is 24.7. The van der Waals surface area contributed by atoms with Crippen LogP contribution in [0.15, 0.2) is 30.5 Å². The van der Waals surface area contributed by atoms with Crippen LogP contribution in [0.4, 0.5) is 23.2 Å². The molecule has 0 bridgehead atoms. The summed E-state index contributed by atoms with van der Waals surface area (Å²) in [6.45, 7) is -0.220. The van der Waals surface area contributed by atoms with Gasteiger partial charge in [0.05, 0.1) is 13.0 Å². The molecule has 0 aliphatic heterocycles. The summed E-state index contributed by atoms with van der Waals surface area (Å²) in [6, 6.07) is 4.75. The maximum Gasteiger partial charge on any atom is 0.411 e. The molecule has 182 valence electrons. The zero-order valence-corrected chi connectivity index (χ0v) is 18.0. The predicted molar refractivity (Wildman–Crippen MR) is 113 cm³/mol. The fourth-order valence-electron chi connectivity index (χ4n) is 4.18. The number of halogens is 4. The average molecular weight is 481 g/mol. The summed E-state index contributed by atoms with van der Waals surface area (Å²) in [4.78, 5) is 28.4. The number of hydrogen-bond acceptors (Lipinski definition) is 5. The van der Waals surface area contributed by atoms with Crippen molar-refractivity contribution in [2.45, 2.75) is 55.7 Å². The van der Waals surface area contributed by atoms with Gasteiger partial charge in [0.25, 0.3) is 5.91 Å². The second kappa shape index (κ2) is 8.53. The summed E-state index contributed by atoms with van der Waals surface area (Å²) in [5.74, 6) is -2.61. The highest BCUT2D eigenvalue weighted by Gasteiger charge is 2.64. The van der Waals surface area contributed by atoms with E-state index in [1.165, 1.54) is 6.07 Å². The topological polar surface area (TPSA) is 112 Å². The Morgan fingerprint density at radius 3 is 2.38 bits per heavy atom. The molecule has 0 saturated heterocycles. The number of nitrogens with zero attached hydrogens (tertiary/aromatic N) is 1. The molecule has 4 N–H and O–H groups in total. The molecule has 11 heteroatoms. The van der Waals surface area contributed by atoms with Gasteiger partial charge in [-0.1, -0.05) is 6.42 Å². The van der Waals surface area contributed by atoms with Crippen molar-refractivity contribution in [1.82, 2.24) is 10.3 Å². The van der Waals surface area contributed by atoms with Crippen LogP contribution in [0.5, 0.6) is 5.75 Å². The maximum atomic E-state index is 14.7. The molecular formula is C23H23F4N3O4. The largest absolute Gasteiger partial charge is 0.508 e. The average Bonchev–Trinajstić information content (AvgIpc) is 3.52. The van der Waals surface area contributed by atoms with Crippen LogP contribution in [0, 0.1) is 5.82 Å². The highest BCUT2D eigenvalue weighted by Crippen LogP contribution is 2.49. The molecule has 2 fully saturated rings. The minimum absolute atomic E-state index is 0.0703. The number of rotatable bonds is 7. The van der Waals surface area contributed by atoms with Crippen LogP contribution in [0.25, 0.3) is 0 Å². The summed E-state index contributed by atoms with van der Waals surface area (Å²) < 4.78 is 53.9. The molecule has 0 atom stereocenters. The number of amides is 2. The lowest BCUT2D eigenvalue weighted by molar-refractivity contribution is -0.163. The molecule has 0 unspecified atom stereocenters. The number of nitrogens with one attached hydrogen (secondary N) is 2. The highest BCUT2D eigenvalue weighted by molar-refractivity contribution is 5.96. The zero-order valence-electron chi connectivity index (χ0n) is 18.0. The van der Waals surface area contributed by atoms with Gasteiger partial charge in [-0.15, -0.1) is 0 Å². The van der Waals surface area contributed by atoms with Crippen LogP contribution in [-0.2, 0) is 16.6 Å². The number of benzene rings is 1. The van der Waals surface area contributed by atoms with Gasteiger partial charge in [0.2, 0.25) is 5.91 Å². The minimum atomic E-state index is -4.57. The Balaban J connectivity index is 1.43. The molecule has 4 rings (SSSR count). The van der Waals surface area contributed by atoms with E-state index in [1.54, 1.807) is 0 Å². The fourth-order valence-corrected chi connectivity index (χ4v) is 4.18. The third kappa shape index (κ3) is 4.44. The van der Waals surface area contributed by atoms with Gasteiger partial charge in [-0.3, -0.25) is 14.6 Å². The Morgan fingerprint density at radius 2 is 1.82 bits per heavy atom. The minimum Gasteiger partial charge on any atom is -0.508 e. The van der Waals surface area contributed by atoms with E-state index in [9.17, 15) is 37.4 Å². The first-order valence-electron chi connectivity index (χ1n) is 10.8. The van der Waals surface area contributed by atoms with E-state index in [1.807, 2.05) is 5.32 Å². The normalized spacial score (nSPS) is 18.0. The summed E-state index contributed by atoms with van der Waals surface area (Å²) in [6.07, 6.45) is -2.18. The Hall–Kier alpha value is -3.21.